The van der Waals surface area contributed by atoms with Gasteiger partial charge in [0.05, 0.1) is 5.25 Å². The van der Waals surface area contributed by atoms with E-state index >= 15 is 0 Å². The van der Waals surface area contributed by atoms with Crippen molar-refractivity contribution in [3.8, 4) is 0 Å². The Labute approximate surface area is 144 Å². The number of anilines is 1. The Bertz CT molecular complexity index is 660. The van der Waals surface area contributed by atoms with Gasteiger partial charge in [0, 0.05) is 5.57 Å². The summed E-state index contributed by atoms with van der Waals surface area (Å²) in [6.45, 7) is -0.238. The van der Waals surface area contributed by atoms with Crippen molar-refractivity contribution in [2.24, 2.45) is 0 Å². The Hall–Kier alpha value is -1.66. The van der Waals surface area contributed by atoms with Gasteiger partial charge in [0.2, 0.25) is 0 Å². The van der Waals surface area contributed by atoms with Crippen molar-refractivity contribution in [1.29, 1.82) is 0 Å². The standard InChI is InChI=1S/C15H16F2NO4PS/c16-10-5-8(7-22-15(21)23)6-11(17)13(10)18-24-12-4-2-1-3-9(12)14(19)20/h3,5-6,12,18H,1-2,4,7,23H2,(H,19,20). The summed E-state index contributed by atoms with van der Waals surface area (Å²) >= 11 is 0.972. The van der Waals surface area contributed by atoms with E-state index in [0.29, 0.717) is 12.8 Å². The second-order valence-electron chi connectivity index (χ2n) is 5.15. The molecule has 1 aliphatic carbocycles. The van der Waals surface area contributed by atoms with Crippen LogP contribution in [0.4, 0.5) is 19.3 Å². The fraction of sp³-hybridized carbons (Fsp3) is 0.333. The van der Waals surface area contributed by atoms with Gasteiger partial charge in [-0.1, -0.05) is 6.08 Å². The third kappa shape index (κ3) is 4.92. The molecule has 0 heterocycles. The number of allylic oxidation sites excluding steroid dienone is 1. The van der Waals surface area contributed by atoms with E-state index in [1.807, 2.05) is 0 Å². The molecule has 0 aromatic heterocycles. The number of halogens is 2. The summed E-state index contributed by atoms with van der Waals surface area (Å²) in [4.78, 5) is 21.9. The van der Waals surface area contributed by atoms with Gasteiger partial charge in [-0.25, -0.2) is 18.4 Å². The first-order valence-electron chi connectivity index (χ1n) is 7.13. The Morgan fingerprint density at radius 1 is 1.38 bits per heavy atom. The fourth-order valence-corrected chi connectivity index (χ4v) is 3.43. The summed E-state index contributed by atoms with van der Waals surface area (Å²) in [6.07, 6.45) is 3.75. The highest BCUT2D eigenvalue weighted by molar-refractivity contribution is 8.01. The van der Waals surface area contributed by atoms with Crippen molar-refractivity contribution in [3.63, 3.8) is 0 Å². The minimum Gasteiger partial charge on any atom is -0.478 e. The van der Waals surface area contributed by atoms with Crippen LogP contribution in [0, 0.1) is 11.6 Å². The molecule has 2 N–H and O–H groups in total. The average Bonchev–Trinajstić information content (AvgIpc) is 2.52. The van der Waals surface area contributed by atoms with E-state index in [4.69, 9.17) is 5.11 Å². The highest BCUT2D eigenvalue weighted by Crippen LogP contribution is 2.32. The van der Waals surface area contributed by atoms with Gasteiger partial charge in [-0.3, -0.25) is 0 Å². The Kier molecular flexibility index (Phi) is 6.57. The number of benzene rings is 1. The molecule has 1 aromatic carbocycles. The molecule has 24 heavy (non-hydrogen) atoms. The summed E-state index contributed by atoms with van der Waals surface area (Å²) in [6, 6.07) is 2.13. The molecule has 5 nitrogen and oxygen atoms in total. The minimum absolute atomic E-state index is 0.181. The normalized spacial score (nSPS) is 17.1. The van der Waals surface area contributed by atoms with Crippen molar-refractivity contribution >= 4 is 38.6 Å². The van der Waals surface area contributed by atoms with Crippen LogP contribution in [0.3, 0.4) is 0 Å². The van der Waals surface area contributed by atoms with Crippen LogP contribution in [0.2, 0.25) is 0 Å². The topological polar surface area (TPSA) is 75.6 Å². The lowest BCUT2D eigenvalue weighted by molar-refractivity contribution is -0.132. The van der Waals surface area contributed by atoms with Crippen LogP contribution >= 0.6 is 21.2 Å². The molecule has 2 unspecified atom stereocenters. The predicted molar refractivity (Wildman–Crippen MR) is 90.8 cm³/mol. The van der Waals surface area contributed by atoms with Gasteiger partial charge >= 0.3 is 11.7 Å². The van der Waals surface area contributed by atoms with Crippen LogP contribution in [-0.4, -0.2) is 22.0 Å². The maximum atomic E-state index is 14.1. The summed E-state index contributed by atoms with van der Waals surface area (Å²) in [5.41, 5.74) is -0.557. The van der Waals surface area contributed by atoms with E-state index in [0.717, 1.165) is 30.5 Å². The number of carbonyl (C=O) groups excluding carboxylic acids is 1. The SMILES string of the molecule is O=C(P)OCc1cc(F)c(NSC2CCCC=C2C(=O)O)c(F)c1. The molecule has 0 radical (unpaired) electrons. The van der Waals surface area contributed by atoms with E-state index in [9.17, 15) is 18.4 Å². The quantitative estimate of drug-likeness (QED) is 0.576. The molecule has 130 valence electrons. The molecule has 2 rings (SSSR count). The van der Waals surface area contributed by atoms with Crippen molar-refractivity contribution in [2.75, 3.05) is 4.72 Å². The number of aliphatic carboxylic acids is 1. The lowest BCUT2D eigenvalue weighted by Crippen LogP contribution is -2.20. The first-order chi connectivity index (χ1) is 11.4. The second kappa shape index (κ2) is 8.44. The second-order valence-corrected chi connectivity index (χ2v) is 6.63. The predicted octanol–water partition coefficient (Wildman–Crippen LogP) is 4.10. The molecule has 0 spiro atoms. The number of carbonyl (C=O) groups is 2. The highest BCUT2D eigenvalue weighted by Gasteiger charge is 2.24. The summed E-state index contributed by atoms with van der Waals surface area (Å²) in [5.74, 6) is -2.70. The van der Waals surface area contributed by atoms with Gasteiger partial charge in [0.25, 0.3) is 0 Å². The molecular weight excluding hydrogens is 359 g/mol. The Morgan fingerprint density at radius 2 is 2.04 bits per heavy atom. The van der Waals surface area contributed by atoms with Gasteiger partial charge in [-0.05, 0) is 58.1 Å². The number of carboxylic acids is 1. The maximum Gasteiger partial charge on any atom is 0.332 e. The zero-order chi connectivity index (χ0) is 17.7. The maximum absolute atomic E-state index is 14.1. The molecule has 9 heteroatoms. The van der Waals surface area contributed by atoms with Crippen LogP contribution in [0.25, 0.3) is 0 Å². The molecule has 0 amide bonds. The first kappa shape index (κ1) is 18.7. The molecule has 0 saturated heterocycles. The van der Waals surface area contributed by atoms with Crippen LogP contribution < -0.4 is 4.72 Å². The molecule has 0 saturated carbocycles. The summed E-state index contributed by atoms with van der Waals surface area (Å²) in [5, 5.41) is 8.77. The zero-order valence-electron chi connectivity index (χ0n) is 12.6. The molecule has 2 atom stereocenters. The van der Waals surface area contributed by atoms with Gasteiger partial charge in [-0.15, -0.1) is 0 Å². The average molecular weight is 375 g/mol. The van der Waals surface area contributed by atoms with Gasteiger partial charge in [0.1, 0.15) is 12.3 Å². The number of hydrogen-bond donors (Lipinski definition) is 2. The summed E-state index contributed by atoms with van der Waals surface area (Å²) < 4.78 is 35.3. The number of nitrogens with one attached hydrogen (secondary N) is 1. The van der Waals surface area contributed by atoms with E-state index in [1.54, 1.807) is 15.3 Å². The monoisotopic (exact) mass is 375 g/mol. The largest absolute Gasteiger partial charge is 0.478 e. The van der Waals surface area contributed by atoms with E-state index in [-0.39, 0.29) is 28.7 Å². The highest BCUT2D eigenvalue weighted by atomic mass is 32.2. The third-order valence-electron chi connectivity index (χ3n) is 3.41. The van der Waals surface area contributed by atoms with Gasteiger partial charge in [-0.2, -0.15) is 0 Å². The Morgan fingerprint density at radius 3 is 2.62 bits per heavy atom. The van der Waals surface area contributed by atoms with Crippen LogP contribution in [0.15, 0.2) is 23.8 Å². The van der Waals surface area contributed by atoms with Crippen LogP contribution in [0.5, 0.6) is 0 Å². The van der Waals surface area contributed by atoms with Crippen molar-refractivity contribution in [2.45, 2.75) is 31.1 Å². The van der Waals surface area contributed by atoms with E-state index in [2.05, 4.69) is 9.46 Å². The van der Waals surface area contributed by atoms with Crippen LogP contribution in [-0.2, 0) is 16.1 Å². The lowest BCUT2D eigenvalue weighted by Gasteiger charge is -2.21. The number of carboxylic acid groups (broad SMARTS) is 1. The third-order valence-corrected chi connectivity index (χ3v) is 4.68. The molecule has 1 aromatic rings. The molecule has 0 bridgehead atoms. The smallest absolute Gasteiger partial charge is 0.332 e. The Balaban J connectivity index is 2.07. The molecule has 1 aliphatic rings. The molecule has 0 fully saturated rings. The van der Waals surface area contributed by atoms with Crippen molar-refractivity contribution in [1.82, 2.24) is 0 Å². The van der Waals surface area contributed by atoms with E-state index in [1.165, 1.54) is 0 Å². The lowest BCUT2D eigenvalue weighted by atomic mass is 9.99. The zero-order valence-corrected chi connectivity index (χ0v) is 14.5. The number of rotatable bonds is 6. The fourth-order valence-electron chi connectivity index (χ4n) is 2.29. The van der Waals surface area contributed by atoms with E-state index < -0.39 is 23.3 Å². The van der Waals surface area contributed by atoms with Crippen LogP contribution in [0.1, 0.15) is 24.8 Å². The first-order valence-corrected chi connectivity index (χ1v) is 8.59. The van der Waals surface area contributed by atoms with Gasteiger partial charge in [0.15, 0.2) is 11.6 Å². The number of hydrogen-bond acceptors (Lipinski definition) is 5. The molecular formula is C15H16F2NO4PS. The molecule has 0 aliphatic heterocycles. The number of ether oxygens (including phenoxy) is 1. The summed E-state index contributed by atoms with van der Waals surface area (Å²) in [7, 11) is 1.80. The van der Waals surface area contributed by atoms with Crippen molar-refractivity contribution in [3.05, 3.63) is 41.0 Å². The van der Waals surface area contributed by atoms with Gasteiger partial charge < -0.3 is 14.6 Å². The minimum atomic E-state index is -1.02. The van der Waals surface area contributed by atoms with Crippen molar-refractivity contribution < 1.29 is 28.2 Å².